The van der Waals surface area contributed by atoms with Crippen molar-refractivity contribution >= 4 is 33.1 Å². The van der Waals surface area contributed by atoms with Crippen LogP contribution in [0.4, 0.5) is 0 Å². The molecule has 0 aliphatic carbocycles. The van der Waals surface area contributed by atoms with Crippen LogP contribution in [0.15, 0.2) is 53.0 Å². The van der Waals surface area contributed by atoms with E-state index in [9.17, 15) is 0 Å². The Morgan fingerprint density at radius 2 is 1.90 bits per heavy atom. The van der Waals surface area contributed by atoms with Gasteiger partial charge in [0, 0.05) is 10.0 Å². The summed E-state index contributed by atoms with van der Waals surface area (Å²) in [6.45, 7) is 1.56. The van der Waals surface area contributed by atoms with Gasteiger partial charge in [-0.15, -0.1) is 0 Å². The molecule has 0 amide bonds. The number of rotatable bonds is 7. The van der Waals surface area contributed by atoms with E-state index >= 15 is 0 Å². The fraction of sp³-hybridized carbons (Fsp3) is 0.188. The highest BCUT2D eigenvalue weighted by atomic mass is 79.9. The lowest BCUT2D eigenvalue weighted by Crippen LogP contribution is -2.10. The van der Waals surface area contributed by atoms with Gasteiger partial charge in [-0.3, -0.25) is 0 Å². The summed E-state index contributed by atoms with van der Waals surface area (Å²) < 4.78 is 12.2. The molecule has 0 unspecified atom stereocenters. The highest BCUT2D eigenvalue weighted by Crippen LogP contribution is 2.14. The zero-order valence-corrected chi connectivity index (χ0v) is 13.8. The summed E-state index contributed by atoms with van der Waals surface area (Å²) in [4.78, 5) is 0.367. The van der Waals surface area contributed by atoms with E-state index in [0.29, 0.717) is 24.8 Å². The topological polar surface area (TPSA) is 44.5 Å². The van der Waals surface area contributed by atoms with Crippen LogP contribution in [-0.2, 0) is 11.3 Å². The van der Waals surface area contributed by atoms with Crippen molar-refractivity contribution < 1.29 is 9.47 Å². The molecular weight excluding hydrogens is 350 g/mol. The van der Waals surface area contributed by atoms with Crippen LogP contribution in [-0.4, -0.2) is 18.2 Å². The maximum Gasteiger partial charge on any atom is 0.120 e. The van der Waals surface area contributed by atoms with Gasteiger partial charge in [0.25, 0.3) is 0 Å². The first-order valence-electron chi connectivity index (χ1n) is 6.50. The molecule has 0 fully saturated rings. The van der Waals surface area contributed by atoms with E-state index in [4.69, 9.17) is 27.4 Å². The lowest BCUT2D eigenvalue weighted by molar-refractivity contribution is 0.0889. The first kappa shape index (κ1) is 15.9. The first-order chi connectivity index (χ1) is 10.1. The van der Waals surface area contributed by atoms with Crippen molar-refractivity contribution in [3.8, 4) is 5.75 Å². The molecule has 2 aromatic rings. The van der Waals surface area contributed by atoms with Crippen molar-refractivity contribution in [2.45, 2.75) is 6.61 Å². The van der Waals surface area contributed by atoms with Crippen LogP contribution in [0.1, 0.15) is 11.1 Å². The van der Waals surface area contributed by atoms with E-state index in [1.54, 1.807) is 0 Å². The minimum absolute atomic E-state index is 0.367. The summed E-state index contributed by atoms with van der Waals surface area (Å²) in [5.74, 6) is 0.742. The molecule has 0 saturated heterocycles. The molecular formula is C16H16BrNO2S. The van der Waals surface area contributed by atoms with E-state index < -0.39 is 0 Å². The first-order valence-corrected chi connectivity index (χ1v) is 7.70. The molecule has 0 radical (unpaired) electrons. The van der Waals surface area contributed by atoms with Crippen molar-refractivity contribution in [1.82, 2.24) is 0 Å². The molecule has 3 nitrogen and oxygen atoms in total. The Balaban J connectivity index is 1.72. The summed E-state index contributed by atoms with van der Waals surface area (Å²) in [5.41, 5.74) is 7.51. The molecule has 0 bridgehead atoms. The molecule has 0 spiro atoms. The predicted molar refractivity (Wildman–Crippen MR) is 91.6 cm³/mol. The van der Waals surface area contributed by atoms with Crippen molar-refractivity contribution in [3.05, 3.63) is 64.1 Å². The van der Waals surface area contributed by atoms with Crippen molar-refractivity contribution in [2.75, 3.05) is 13.2 Å². The Morgan fingerprint density at radius 1 is 1.10 bits per heavy atom. The third kappa shape index (κ3) is 5.46. The normalized spacial score (nSPS) is 10.3. The van der Waals surface area contributed by atoms with Crippen molar-refractivity contribution in [2.24, 2.45) is 5.73 Å². The van der Waals surface area contributed by atoms with Crippen molar-refractivity contribution in [1.29, 1.82) is 0 Å². The SMILES string of the molecule is NC(=S)c1cccc(OCCOCc2cccc(Br)c2)c1. The van der Waals surface area contributed by atoms with Gasteiger partial charge < -0.3 is 15.2 Å². The van der Waals surface area contributed by atoms with E-state index in [1.165, 1.54) is 0 Å². The maximum absolute atomic E-state index is 5.61. The Morgan fingerprint density at radius 3 is 2.67 bits per heavy atom. The predicted octanol–water partition coefficient (Wildman–Crippen LogP) is 3.68. The van der Waals surface area contributed by atoms with Crippen LogP contribution in [0, 0.1) is 0 Å². The molecule has 0 heterocycles. The van der Waals surface area contributed by atoms with Gasteiger partial charge in [-0.1, -0.05) is 52.4 Å². The molecule has 0 aliphatic heterocycles. The number of halogens is 1. The fourth-order valence-electron chi connectivity index (χ4n) is 1.77. The second kappa shape index (κ2) is 8.12. The van der Waals surface area contributed by atoms with Gasteiger partial charge in [-0.2, -0.15) is 0 Å². The molecule has 0 aromatic heterocycles. The summed E-state index contributed by atoms with van der Waals surface area (Å²) in [6.07, 6.45) is 0. The van der Waals surface area contributed by atoms with Gasteiger partial charge in [-0.05, 0) is 29.8 Å². The van der Waals surface area contributed by atoms with Gasteiger partial charge in [0.2, 0.25) is 0 Å². The zero-order chi connectivity index (χ0) is 15.1. The Hall–Kier alpha value is -1.43. The summed E-state index contributed by atoms with van der Waals surface area (Å²) >= 11 is 8.37. The summed E-state index contributed by atoms with van der Waals surface area (Å²) in [7, 11) is 0. The molecule has 5 heteroatoms. The standard InChI is InChI=1S/C16H16BrNO2S/c17-14-5-1-3-12(9-14)11-19-7-8-20-15-6-2-4-13(10-15)16(18)21/h1-6,9-10H,7-8,11H2,(H2,18,21). The highest BCUT2D eigenvalue weighted by Gasteiger charge is 1.99. The van der Waals surface area contributed by atoms with Crippen LogP contribution in [0.25, 0.3) is 0 Å². The summed E-state index contributed by atoms with van der Waals surface area (Å²) in [6, 6.07) is 15.5. The lowest BCUT2D eigenvalue weighted by Gasteiger charge is -2.08. The molecule has 110 valence electrons. The van der Waals surface area contributed by atoms with E-state index in [1.807, 2.05) is 48.5 Å². The Kier molecular flexibility index (Phi) is 6.17. The van der Waals surface area contributed by atoms with Crippen molar-refractivity contribution in [3.63, 3.8) is 0 Å². The third-order valence-electron chi connectivity index (χ3n) is 2.77. The van der Waals surface area contributed by atoms with Gasteiger partial charge in [0.15, 0.2) is 0 Å². The lowest BCUT2D eigenvalue weighted by atomic mass is 10.2. The van der Waals surface area contributed by atoms with Gasteiger partial charge in [0.1, 0.15) is 17.3 Å². The van der Waals surface area contributed by atoms with Crippen LogP contribution < -0.4 is 10.5 Å². The Bertz CT molecular complexity index is 619. The number of thiocarbonyl (C=S) groups is 1. The second-order valence-electron chi connectivity index (χ2n) is 4.42. The molecule has 21 heavy (non-hydrogen) atoms. The molecule has 2 rings (SSSR count). The molecule has 0 atom stereocenters. The molecule has 2 aromatic carbocycles. The Labute approximate surface area is 138 Å². The van der Waals surface area contributed by atoms with E-state index in [0.717, 1.165) is 21.3 Å². The summed E-state index contributed by atoms with van der Waals surface area (Å²) in [5, 5.41) is 0. The number of ether oxygens (including phenoxy) is 2. The van der Waals surface area contributed by atoms with E-state index in [-0.39, 0.29) is 0 Å². The van der Waals surface area contributed by atoms with Gasteiger partial charge in [-0.25, -0.2) is 0 Å². The minimum atomic E-state index is 0.367. The monoisotopic (exact) mass is 365 g/mol. The second-order valence-corrected chi connectivity index (χ2v) is 5.78. The largest absolute Gasteiger partial charge is 0.491 e. The number of hydrogen-bond donors (Lipinski definition) is 1. The molecule has 0 aliphatic rings. The van der Waals surface area contributed by atoms with E-state index in [2.05, 4.69) is 15.9 Å². The van der Waals surface area contributed by atoms with Crippen LogP contribution in [0.5, 0.6) is 5.75 Å². The molecule has 0 saturated carbocycles. The maximum atomic E-state index is 5.61. The average molecular weight is 366 g/mol. The third-order valence-corrected chi connectivity index (χ3v) is 3.50. The smallest absolute Gasteiger partial charge is 0.120 e. The van der Waals surface area contributed by atoms with Crippen LogP contribution in [0.2, 0.25) is 0 Å². The van der Waals surface area contributed by atoms with Gasteiger partial charge >= 0.3 is 0 Å². The quantitative estimate of drug-likeness (QED) is 0.600. The number of hydrogen-bond acceptors (Lipinski definition) is 3. The fourth-order valence-corrected chi connectivity index (χ4v) is 2.35. The minimum Gasteiger partial charge on any atom is -0.491 e. The van der Waals surface area contributed by atoms with Crippen LogP contribution in [0.3, 0.4) is 0 Å². The molecule has 2 N–H and O–H groups in total. The average Bonchev–Trinajstić information content (AvgIpc) is 2.47. The number of benzene rings is 2. The zero-order valence-electron chi connectivity index (χ0n) is 11.4. The highest BCUT2D eigenvalue weighted by molar-refractivity contribution is 9.10. The number of nitrogens with two attached hydrogens (primary N) is 1. The van der Waals surface area contributed by atoms with Gasteiger partial charge in [0.05, 0.1) is 13.2 Å². The van der Waals surface area contributed by atoms with Crippen LogP contribution >= 0.6 is 28.1 Å².